The second-order valence-electron chi connectivity index (χ2n) is 3.89. The SMILES string of the molecule is O=C(O)CCc1cscc1OC(=O)Cc1cccs1. The minimum Gasteiger partial charge on any atom is -0.481 e. The molecule has 0 aliphatic heterocycles. The zero-order valence-electron chi connectivity index (χ0n) is 10.00. The van der Waals surface area contributed by atoms with Gasteiger partial charge in [-0.05, 0) is 23.2 Å². The molecule has 0 radical (unpaired) electrons. The number of carboxylic acids is 1. The molecule has 0 aromatic carbocycles. The lowest BCUT2D eigenvalue weighted by Crippen LogP contribution is -2.11. The molecule has 6 heteroatoms. The Hall–Kier alpha value is -1.66. The van der Waals surface area contributed by atoms with Gasteiger partial charge in [-0.1, -0.05) is 6.07 Å². The monoisotopic (exact) mass is 296 g/mol. The Morgan fingerprint density at radius 1 is 1.32 bits per heavy atom. The van der Waals surface area contributed by atoms with Crippen LogP contribution in [0.1, 0.15) is 16.9 Å². The van der Waals surface area contributed by atoms with Crippen LogP contribution in [-0.2, 0) is 22.4 Å². The Bertz CT molecular complexity index is 557. The first-order chi connectivity index (χ1) is 9.15. The smallest absolute Gasteiger partial charge is 0.316 e. The normalized spacial score (nSPS) is 10.3. The number of hydrogen-bond acceptors (Lipinski definition) is 5. The summed E-state index contributed by atoms with van der Waals surface area (Å²) >= 11 is 2.91. The molecule has 2 heterocycles. The van der Waals surface area contributed by atoms with Crippen LogP contribution in [0.5, 0.6) is 5.75 Å². The molecule has 19 heavy (non-hydrogen) atoms. The molecule has 0 aliphatic carbocycles. The summed E-state index contributed by atoms with van der Waals surface area (Å²) < 4.78 is 5.28. The molecule has 1 N–H and O–H groups in total. The van der Waals surface area contributed by atoms with Gasteiger partial charge in [0.1, 0.15) is 5.75 Å². The van der Waals surface area contributed by atoms with E-state index in [0.717, 1.165) is 10.4 Å². The van der Waals surface area contributed by atoms with Crippen LogP contribution >= 0.6 is 22.7 Å². The minimum atomic E-state index is -0.859. The van der Waals surface area contributed by atoms with Gasteiger partial charge in [-0.2, -0.15) is 0 Å². The standard InChI is InChI=1S/C13H12O4S2/c14-12(15)4-3-9-7-18-8-11(9)17-13(16)6-10-2-1-5-19-10/h1-2,5,7-8H,3-4,6H2,(H,14,15). The van der Waals surface area contributed by atoms with Crippen LogP contribution in [0, 0.1) is 0 Å². The number of ether oxygens (including phenoxy) is 1. The largest absolute Gasteiger partial charge is 0.481 e. The van der Waals surface area contributed by atoms with Crippen molar-refractivity contribution in [2.45, 2.75) is 19.3 Å². The Balaban J connectivity index is 1.93. The third-order valence-corrected chi connectivity index (χ3v) is 4.08. The minimum absolute atomic E-state index is 0.0339. The third-order valence-electron chi connectivity index (χ3n) is 2.43. The van der Waals surface area contributed by atoms with Gasteiger partial charge in [-0.15, -0.1) is 22.7 Å². The number of aliphatic carboxylic acids is 1. The van der Waals surface area contributed by atoms with Crippen LogP contribution in [-0.4, -0.2) is 17.0 Å². The zero-order chi connectivity index (χ0) is 13.7. The lowest BCUT2D eigenvalue weighted by Gasteiger charge is -2.04. The van der Waals surface area contributed by atoms with Crippen molar-refractivity contribution in [3.8, 4) is 5.75 Å². The van der Waals surface area contributed by atoms with Crippen molar-refractivity contribution >= 4 is 34.6 Å². The predicted molar refractivity (Wildman–Crippen MR) is 73.9 cm³/mol. The van der Waals surface area contributed by atoms with Crippen molar-refractivity contribution in [2.24, 2.45) is 0 Å². The van der Waals surface area contributed by atoms with Crippen molar-refractivity contribution in [1.29, 1.82) is 0 Å². The summed E-state index contributed by atoms with van der Waals surface area (Å²) in [6.45, 7) is 0. The second-order valence-corrected chi connectivity index (χ2v) is 5.66. The summed E-state index contributed by atoms with van der Waals surface area (Å²) in [5.41, 5.74) is 0.770. The number of aryl methyl sites for hydroxylation is 1. The van der Waals surface area contributed by atoms with Crippen molar-refractivity contribution in [1.82, 2.24) is 0 Å². The number of rotatable bonds is 6. The Kier molecular flexibility index (Phi) is 4.70. The van der Waals surface area contributed by atoms with Gasteiger partial charge in [0.2, 0.25) is 0 Å². The van der Waals surface area contributed by atoms with E-state index >= 15 is 0 Å². The lowest BCUT2D eigenvalue weighted by atomic mass is 10.2. The van der Waals surface area contributed by atoms with Crippen molar-refractivity contribution < 1.29 is 19.4 Å². The molecule has 0 saturated carbocycles. The molecule has 4 nitrogen and oxygen atoms in total. The molecule has 0 bridgehead atoms. The molecule has 0 fully saturated rings. The van der Waals surface area contributed by atoms with E-state index in [1.165, 1.54) is 22.7 Å². The van der Waals surface area contributed by atoms with Crippen LogP contribution in [0.4, 0.5) is 0 Å². The first-order valence-electron chi connectivity index (χ1n) is 5.65. The van der Waals surface area contributed by atoms with Gasteiger partial charge in [-0.25, -0.2) is 0 Å². The lowest BCUT2D eigenvalue weighted by molar-refractivity contribution is -0.137. The van der Waals surface area contributed by atoms with E-state index in [1.54, 1.807) is 5.38 Å². The van der Waals surface area contributed by atoms with E-state index in [9.17, 15) is 9.59 Å². The van der Waals surface area contributed by atoms with Gasteiger partial charge >= 0.3 is 11.9 Å². The summed E-state index contributed by atoms with van der Waals surface area (Å²) in [5, 5.41) is 14.1. The topological polar surface area (TPSA) is 63.6 Å². The molecule has 100 valence electrons. The summed E-state index contributed by atoms with van der Waals surface area (Å²) in [6.07, 6.45) is 0.651. The summed E-state index contributed by atoms with van der Waals surface area (Å²) in [7, 11) is 0. The van der Waals surface area contributed by atoms with E-state index < -0.39 is 5.97 Å². The van der Waals surface area contributed by atoms with Crippen LogP contribution in [0.15, 0.2) is 28.3 Å². The third kappa shape index (κ3) is 4.18. The molecule has 0 aliphatic rings. The molecule has 0 amide bonds. The maximum atomic E-state index is 11.7. The Morgan fingerprint density at radius 3 is 2.84 bits per heavy atom. The fraction of sp³-hybridized carbons (Fsp3) is 0.231. The highest BCUT2D eigenvalue weighted by molar-refractivity contribution is 7.10. The fourth-order valence-electron chi connectivity index (χ4n) is 1.54. The van der Waals surface area contributed by atoms with Crippen LogP contribution in [0.25, 0.3) is 0 Å². The molecule has 2 aromatic heterocycles. The van der Waals surface area contributed by atoms with E-state index in [2.05, 4.69) is 0 Å². The maximum Gasteiger partial charge on any atom is 0.316 e. The highest BCUT2D eigenvalue weighted by Crippen LogP contribution is 2.25. The van der Waals surface area contributed by atoms with Gasteiger partial charge < -0.3 is 9.84 Å². The Morgan fingerprint density at radius 2 is 2.16 bits per heavy atom. The quantitative estimate of drug-likeness (QED) is 0.832. The van der Waals surface area contributed by atoms with Crippen molar-refractivity contribution in [2.75, 3.05) is 0 Å². The predicted octanol–water partition coefficient (Wildman–Crippen LogP) is 2.97. The average molecular weight is 296 g/mol. The molecular weight excluding hydrogens is 284 g/mol. The number of esters is 1. The van der Waals surface area contributed by atoms with Crippen molar-refractivity contribution in [3.63, 3.8) is 0 Å². The highest BCUT2D eigenvalue weighted by Gasteiger charge is 2.12. The number of carboxylic acid groups (broad SMARTS) is 1. The van der Waals surface area contributed by atoms with Crippen LogP contribution in [0.2, 0.25) is 0 Å². The van der Waals surface area contributed by atoms with Crippen LogP contribution in [0.3, 0.4) is 0 Å². The van der Waals surface area contributed by atoms with Gasteiger partial charge in [0.15, 0.2) is 0 Å². The second kappa shape index (κ2) is 6.49. The number of thiophene rings is 2. The van der Waals surface area contributed by atoms with Crippen molar-refractivity contribution in [3.05, 3.63) is 38.7 Å². The van der Waals surface area contributed by atoms with E-state index in [1.807, 2.05) is 22.9 Å². The van der Waals surface area contributed by atoms with Gasteiger partial charge in [-0.3, -0.25) is 9.59 Å². The van der Waals surface area contributed by atoms with Gasteiger partial charge in [0.05, 0.1) is 6.42 Å². The summed E-state index contributed by atoms with van der Waals surface area (Å²) in [5.74, 6) is -0.702. The highest BCUT2D eigenvalue weighted by atomic mass is 32.1. The van der Waals surface area contributed by atoms with Gasteiger partial charge in [0, 0.05) is 22.2 Å². The van der Waals surface area contributed by atoms with E-state index in [0.29, 0.717) is 12.2 Å². The average Bonchev–Trinajstić information content (AvgIpc) is 2.98. The number of carbonyl (C=O) groups excluding carboxylic acids is 1. The van der Waals surface area contributed by atoms with E-state index in [4.69, 9.17) is 9.84 Å². The maximum absolute atomic E-state index is 11.7. The molecule has 0 atom stereocenters. The Labute approximate surface area is 118 Å². The number of hydrogen-bond donors (Lipinski definition) is 1. The van der Waals surface area contributed by atoms with Crippen LogP contribution < -0.4 is 4.74 Å². The molecule has 2 aromatic rings. The van der Waals surface area contributed by atoms with Gasteiger partial charge in [0.25, 0.3) is 0 Å². The number of carbonyl (C=O) groups is 2. The molecule has 2 rings (SSSR count). The fourth-order valence-corrected chi connectivity index (χ4v) is 3.02. The zero-order valence-corrected chi connectivity index (χ0v) is 11.6. The molecule has 0 saturated heterocycles. The van der Waals surface area contributed by atoms with E-state index in [-0.39, 0.29) is 18.8 Å². The first kappa shape index (κ1) is 13.8. The molecule has 0 spiro atoms. The first-order valence-corrected chi connectivity index (χ1v) is 7.47. The molecule has 0 unspecified atom stereocenters. The summed E-state index contributed by atoms with van der Waals surface area (Å²) in [4.78, 5) is 23.2. The molecular formula is C13H12O4S2. The summed E-state index contributed by atoms with van der Waals surface area (Å²) in [6, 6.07) is 3.76.